The van der Waals surface area contributed by atoms with Crippen LogP contribution in [0.3, 0.4) is 0 Å². The first-order valence-electron chi connectivity index (χ1n) is 49.6. The standard InChI is InChI=1S/C103H170N16O11/c1-11-18-22-24-26-28-30-44-63-111(85-103(130)119(75-88(16-6)47-21-14-4)86-101(128)112(64-45-31-29-27-25-23-19-12-2)84-102(129)118(76-93(105)120)74-87(15-5)46-20-13-3)96(123)79-114(66-57-90-50-38-33-39-51-90)98(125)81-115(67-58-91-52-40-34-41-53-91)99(126)83-117(69-60-104)100(127)82-116(68-59-92-54-42-35-43-55-92)97(124)80-113(65-56-89-48-36-32-37-49-89)95(122)78-110(17-7)94(121)77-108(10)72-73-109(70-61-106-8)71-62-107-9/h32-43,48-55,87-88,106-107H,11-31,44-47,56-86,104H2,1-10H3,(H2,105,120). The minimum absolute atomic E-state index is 0.00573. The van der Waals surface area contributed by atoms with Crippen molar-refractivity contribution in [2.24, 2.45) is 23.3 Å². The first-order chi connectivity index (χ1) is 63.0. The van der Waals surface area contributed by atoms with Gasteiger partial charge in [0.1, 0.15) is 0 Å². The fraction of sp³-hybridized carbons (Fsp3) is 0.660. The van der Waals surface area contributed by atoms with Gasteiger partial charge in [-0.15, -0.1) is 0 Å². The van der Waals surface area contributed by atoms with E-state index in [2.05, 4.69) is 57.1 Å². The number of nitrogens with zero attached hydrogens (tertiary/aromatic N) is 12. The summed E-state index contributed by atoms with van der Waals surface area (Å²) in [6, 6.07) is 38.2. The topological polar surface area (TPSA) is 303 Å². The number of amides is 11. The van der Waals surface area contributed by atoms with Crippen LogP contribution < -0.4 is 22.1 Å². The molecule has 130 heavy (non-hydrogen) atoms. The van der Waals surface area contributed by atoms with Gasteiger partial charge in [-0.2, -0.15) is 0 Å². The van der Waals surface area contributed by atoms with Crippen LogP contribution in [-0.4, -0.2) is 328 Å². The highest BCUT2D eigenvalue weighted by Gasteiger charge is 2.34. The molecule has 0 radical (unpaired) electrons. The summed E-state index contributed by atoms with van der Waals surface area (Å²) >= 11 is 0. The molecule has 27 nitrogen and oxygen atoms in total. The summed E-state index contributed by atoms with van der Waals surface area (Å²) in [6.45, 7) is 16.7. The van der Waals surface area contributed by atoms with Crippen LogP contribution in [0.2, 0.25) is 0 Å². The first kappa shape index (κ1) is 113. The van der Waals surface area contributed by atoms with Gasteiger partial charge in [0.25, 0.3) is 0 Å². The van der Waals surface area contributed by atoms with E-state index in [4.69, 9.17) is 11.5 Å². The maximum absolute atomic E-state index is 15.7. The molecule has 27 heteroatoms. The molecule has 2 atom stereocenters. The van der Waals surface area contributed by atoms with Crippen LogP contribution in [0.5, 0.6) is 0 Å². The van der Waals surface area contributed by atoms with Gasteiger partial charge in [0.05, 0.1) is 72.0 Å². The highest BCUT2D eigenvalue weighted by Crippen LogP contribution is 2.21. The zero-order valence-corrected chi connectivity index (χ0v) is 81.8. The fourth-order valence-electron chi connectivity index (χ4n) is 16.2. The Bertz CT molecular complexity index is 3770. The van der Waals surface area contributed by atoms with Crippen molar-refractivity contribution in [3.05, 3.63) is 144 Å². The number of carbonyl (C=O) groups is 11. The van der Waals surface area contributed by atoms with Crippen LogP contribution in [0.15, 0.2) is 121 Å². The van der Waals surface area contributed by atoms with Gasteiger partial charge in [-0.05, 0) is 114 Å². The molecule has 0 aliphatic rings. The number of primary amides is 1. The molecule has 0 heterocycles. The van der Waals surface area contributed by atoms with Crippen LogP contribution in [0.25, 0.3) is 0 Å². The predicted molar refractivity (Wildman–Crippen MR) is 524 cm³/mol. The summed E-state index contributed by atoms with van der Waals surface area (Å²) in [5.74, 6) is -5.18. The minimum Gasteiger partial charge on any atom is -0.368 e. The van der Waals surface area contributed by atoms with Crippen molar-refractivity contribution < 1.29 is 52.7 Å². The molecule has 0 aliphatic heterocycles. The van der Waals surface area contributed by atoms with Crippen molar-refractivity contribution in [3.8, 4) is 0 Å². The first-order valence-corrected chi connectivity index (χ1v) is 49.6. The Kier molecular flexibility index (Phi) is 60.7. The molecule has 0 aliphatic carbocycles. The molecule has 728 valence electrons. The lowest BCUT2D eigenvalue weighted by molar-refractivity contribution is -0.149. The third-order valence-electron chi connectivity index (χ3n) is 24.8. The normalized spacial score (nSPS) is 11.7. The molecule has 0 saturated heterocycles. The Labute approximate surface area is 782 Å². The number of hydrogen-bond donors (Lipinski definition) is 4. The number of carbonyl (C=O) groups excluding carboxylic acids is 11. The average Bonchev–Trinajstić information content (AvgIpc) is 0.845. The number of likely N-dealkylation sites (N-methyl/N-ethyl adjacent to an activating group) is 4. The van der Waals surface area contributed by atoms with E-state index in [1.165, 1.54) is 45.6 Å². The van der Waals surface area contributed by atoms with E-state index in [0.29, 0.717) is 51.6 Å². The lowest BCUT2D eigenvalue weighted by Crippen LogP contribution is -2.54. The van der Waals surface area contributed by atoms with Gasteiger partial charge in [0.2, 0.25) is 65.0 Å². The Morgan fingerprint density at radius 1 is 0.285 bits per heavy atom. The molecule has 6 N–H and O–H groups in total. The maximum Gasteiger partial charge on any atom is 0.242 e. The highest BCUT2D eigenvalue weighted by atomic mass is 16.2. The molecular weight excluding hydrogens is 1640 g/mol. The minimum atomic E-state index is -0.643. The van der Waals surface area contributed by atoms with Gasteiger partial charge < -0.3 is 71.1 Å². The van der Waals surface area contributed by atoms with E-state index in [1.54, 1.807) is 9.80 Å². The summed E-state index contributed by atoms with van der Waals surface area (Å²) < 4.78 is 0. The van der Waals surface area contributed by atoms with Gasteiger partial charge >= 0.3 is 0 Å². The molecule has 0 spiro atoms. The van der Waals surface area contributed by atoms with E-state index in [9.17, 15) is 19.2 Å². The van der Waals surface area contributed by atoms with Crippen molar-refractivity contribution in [2.75, 3.05) is 204 Å². The lowest BCUT2D eigenvalue weighted by Gasteiger charge is -2.34. The molecule has 0 saturated carbocycles. The second kappa shape index (κ2) is 69.7. The summed E-state index contributed by atoms with van der Waals surface area (Å²) in [5, 5.41) is 6.43. The summed E-state index contributed by atoms with van der Waals surface area (Å²) in [5.41, 5.74) is 15.8. The van der Waals surface area contributed by atoms with Crippen molar-refractivity contribution in [1.82, 2.24) is 69.4 Å². The Morgan fingerprint density at radius 2 is 0.546 bits per heavy atom. The van der Waals surface area contributed by atoms with E-state index in [-0.39, 0.29) is 122 Å². The van der Waals surface area contributed by atoms with Crippen LogP contribution >= 0.6 is 0 Å². The molecule has 4 aromatic carbocycles. The Balaban J connectivity index is 1.78. The van der Waals surface area contributed by atoms with Crippen molar-refractivity contribution in [2.45, 2.75) is 228 Å². The zero-order valence-electron chi connectivity index (χ0n) is 81.8. The number of hydrogen-bond acceptors (Lipinski definition) is 16. The lowest BCUT2D eigenvalue weighted by atomic mass is 9.98. The number of benzene rings is 4. The monoisotopic (exact) mass is 1810 g/mol. The molecule has 0 bridgehead atoms. The number of nitrogens with two attached hydrogens (primary N) is 2. The third-order valence-corrected chi connectivity index (χ3v) is 24.8. The van der Waals surface area contributed by atoms with Crippen molar-refractivity contribution >= 4 is 65.0 Å². The quantitative estimate of drug-likeness (QED) is 0.0299. The number of rotatable bonds is 76. The SMILES string of the molecule is CCCCCCCCCCN(CC(=O)N(CC(=O)N(CCCCCCCCCC)CC(=O)N(CC(N)=O)CC(CC)CCCC)CC(CC)CCCC)C(=O)CN(CCc1ccccc1)C(=O)CN(CCc1ccccc1)C(=O)CN(CCN)C(=O)CN(CCc1ccccc1)C(=O)CN(CCc1ccccc1)C(=O)CN(CC)C(=O)CN(C)CCN(CCNC)CCNC. The highest BCUT2D eigenvalue weighted by molar-refractivity contribution is 5.95. The Hall–Kier alpha value is -9.15. The number of nitrogens with one attached hydrogen (secondary N) is 2. The van der Waals surface area contributed by atoms with Gasteiger partial charge in [-0.1, -0.05) is 291 Å². The second-order valence-electron chi connectivity index (χ2n) is 35.4. The van der Waals surface area contributed by atoms with E-state index < -0.39 is 92.4 Å². The molecule has 0 fully saturated rings. The fourth-order valence-corrected chi connectivity index (χ4v) is 16.2. The van der Waals surface area contributed by atoms with Crippen LogP contribution in [0.1, 0.15) is 225 Å². The van der Waals surface area contributed by atoms with Gasteiger partial charge in [-0.25, -0.2) is 0 Å². The van der Waals surface area contributed by atoms with Crippen LogP contribution in [-0.2, 0) is 78.4 Å². The van der Waals surface area contributed by atoms with Crippen LogP contribution in [0.4, 0.5) is 0 Å². The van der Waals surface area contributed by atoms with E-state index in [0.717, 1.165) is 190 Å². The molecule has 2 unspecified atom stereocenters. The van der Waals surface area contributed by atoms with Crippen molar-refractivity contribution in [1.29, 1.82) is 0 Å². The molecule has 4 aromatic rings. The van der Waals surface area contributed by atoms with Crippen molar-refractivity contribution in [3.63, 3.8) is 0 Å². The molecular formula is C103H170N16O11. The van der Waals surface area contributed by atoms with E-state index in [1.807, 2.05) is 154 Å². The summed E-state index contributed by atoms with van der Waals surface area (Å²) in [4.78, 5) is 184. The molecule has 4 rings (SSSR count). The Morgan fingerprint density at radius 3 is 0.831 bits per heavy atom. The molecule has 11 amide bonds. The molecule has 0 aromatic heterocycles. The largest absolute Gasteiger partial charge is 0.368 e. The van der Waals surface area contributed by atoms with Gasteiger partial charge in [-0.3, -0.25) is 62.5 Å². The zero-order chi connectivity index (χ0) is 94.9. The summed E-state index contributed by atoms with van der Waals surface area (Å²) in [7, 11) is 5.73. The van der Waals surface area contributed by atoms with Gasteiger partial charge in [0, 0.05) is 111 Å². The second-order valence-corrected chi connectivity index (χ2v) is 35.4. The smallest absolute Gasteiger partial charge is 0.242 e. The maximum atomic E-state index is 15.7. The summed E-state index contributed by atoms with van der Waals surface area (Å²) in [6.07, 6.45) is 24.1. The predicted octanol–water partition coefficient (Wildman–Crippen LogP) is 11.1. The average molecular weight is 1810 g/mol. The van der Waals surface area contributed by atoms with Crippen LogP contribution in [0, 0.1) is 11.8 Å². The van der Waals surface area contributed by atoms with E-state index >= 15 is 33.6 Å². The number of unbranched alkanes of at least 4 members (excludes halogenated alkanes) is 16. The third kappa shape index (κ3) is 48.3. The van der Waals surface area contributed by atoms with Gasteiger partial charge in [0.15, 0.2) is 0 Å².